The summed E-state index contributed by atoms with van der Waals surface area (Å²) in [6.07, 6.45) is 1.59. The number of rotatable bonds is 6. The second-order valence-corrected chi connectivity index (χ2v) is 4.39. The van der Waals surface area contributed by atoms with Crippen molar-refractivity contribution in [3.63, 3.8) is 0 Å². The van der Waals surface area contributed by atoms with Crippen molar-refractivity contribution in [2.24, 2.45) is 5.73 Å². The molecule has 1 aromatic heterocycles. The van der Waals surface area contributed by atoms with E-state index in [0.717, 1.165) is 17.1 Å². The van der Waals surface area contributed by atoms with Crippen LogP contribution in [0.15, 0.2) is 42.6 Å². The van der Waals surface area contributed by atoms with E-state index in [1.54, 1.807) is 25.4 Å². The summed E-state index contributed by atoms with van der Waals surface area (Å²) in [4.78, 5) is 15.4. The first-order valence-electron chi connectivity index (χ1n) is 6.54. The molecule has 4 N–H and O–H groups in total. The van der Waals surface area contributed by atoms with Gasteiger partial charge in [0.05, 0.1) is 25.5 Å². The van der Waals surface area contributed by atoms with Gasteiger partial charge in [-0.2, -0.15) is 0 Å². The predicted octanol–water partition coefficient (Wildman–Crippen LogP) is 1.60. The number of aromatic nitrogens is 1. The molecule has 0 unspecified atom stereocenters. The van der Waals surface area contributed by atoms with Crippen molar-refractivity contribution >= 4 is 17.4 Å². The fourth-order valence-electron chi connectivity index (χ4n) is 1.72. The molecule has 0 fully saturated rings. The lowest BCUT2D eigenvalue weighted by Gasteiger charge is -2.08. The maximum absolute atomic E-state index is 11.1. The maximum atomic E-state index is 11.1. The van der Waals surface area contributed by atoms with Gasteiger partial charge in [-0.05, 0) is 29.8 Å². The van der Waals surface area contributed by atoms with Crippen LogP contribution in [0, 0.1) is 0 Å². The Balaban J connectivity index is 1.89. The number of benzene rings is 1. The summed E-state index contributed by atoms with van der Waals surface area (Å²) in [5, 5.41) is 5.84. The Bertz CT molecular complexity index is 582. The predicted molar refractivity (Wildman–Crippen MR) is 82.2 cm³/mol. The van der Waals surface area contributed by atoms with Crippen LogP contribution in [0.5, 0.6) is 5.75 Å². The van der Waals surface area contributed by atoms with Gasteiger partial charge < -0.3 is 21.1 Å². The van der Waals surface area contributed by atoms with Gasteiger partial charge in [-0.1, -0.05) is 12.1 Å². The van der Waals surface area contributed by atoms with Crippen LogP contribution in [0.2, 0.25) is 0 Å². The quantitative estimate of drug-likeness (QED) is 0.750. The molecule has 0 atom stereocenters. The third-order valence-corrected chi connectivity index (χ3v) is 2.87. The molecule has 1 amide bonds. The summed E-state index contributed by atoms with van der Waals surface area (Å²) in [5.41, 5.74) is 6.98. The normalized spacial score (nSPS) is 10.0. The number of nitrogens with zero attached hydrogens (tertiary/aromatic N) is 1. The second kappa shape index (κ2) is 7.25. The summed E-state index contributed by atoms with van der Waals surface area (Å²) in [5.74, 6) is 1.32. The highest BCUT2D eigenvalue weighted by Gasteiger charge is 2.00. The first kappa shape index (κ1) is 14.8. The molecule has 1 aromatic carbocycles. The standard InChI is InChI=1S/C15H18N4O2/c1-21-13-5-2-11(3-6-13)9-17-14-7-4-12(10-18-14)19-15(20)8-16/h2-7,10H,8-9,16H2,1H3,(H,17,18)(H,19,20). The summed E-state index contributed by atoms with van der Waals surface area (Å²) in [7, 11) is 1.64. The van der Waals surface area contributed by atoms with Crippen LogP contribution < -0.4 is 21.1 Å². The smallest absolute Gasteiger partial charge is 0.238 e. The third kappa shape index (κ3) is 4.47. The largest absolute Gasteiger partial charge is 0.497 e. The molecular formula is C15H18N4O2. The number of ether oxygens (including phenoxy) is 1. The lowest BCUT2D eigenvalue weighted by atomic mass is 10.2. The maximum Gasteiger partial charge on any atom is 0.238 e. The number of carbonyl (C=O) groups is 1. The Kier molecular flexibility index (Phi) is 5.11. The minimum absolute atomic E-state index is 0.0442. The van der Waals surface area contributed by atoms with Crippen LogP contribution in [-0.4, -0.2) is 24.5 Å². The summed E-state index contributed by atoms with van der Waals surface area (Å²) < 4.78 is 5.11. The Morgan fingerprint density at radius 1 is 1.24 bits per heavy atom. The highest BCUT2D eigenvalue weighted by Crippen LogP contribution is 2.14. The van der Waals surface area contributed by atoms with E-state index in [4.69, 9.17) is 10.5 Å². The van der Waals surface area contributed by atoms with Crippen LogP contribution in [0.3, 0.4) is 0 Å². The van der Waals surface area contributed by atoms with E-state index >= 15 is 0 Å². The molecule has 0 spiro atoms. The average Bonchev–Trinajstić information content (AvgIpc) is 2.54. The fourth-order valence-corrected chi connectivity index (χ4v) is 1.72. The lowest BCUT2D eigenvalue weighted by molar-refractivity contribution is -0.114. The molecule has 0 saturated heterocycles. The van der Waals surface area contributed by atoms with E-state index in [2.05, 4.69) is 15.6 Å². The van der Waals surface area contributed by atoms with E-state index in [0.29, 0.717) is 12.2 Å². The van der Waals surface area contributed by atoms with Crippen LogP contribution in [0.25, 0.3) is 0 Å². The average molecular weight is 286 g/mol. The number of amides is 1. The zero-order valence-corrected chi connectivity index (χ0v) is 11.8. The molecule has 0 bridgehead atoms. The highest BCUT2D eigenvalue weighted by molar-refractivity contribution is 5.91. The number of methoxy groups -OCH3 is 1. The SMILES string of the molecule is COc1ccc(CNc2ccc(NC(=O)CN)cn2)cc1. The van der Waals surface area contributed by atoms with E-state index in [9.17, 15) is 4.79 Å². The van der Waals surface area contributed by atoms with Gasteiger partial charge in [0.25, 0.3) is 0 Å². The Morgan fingerprint density at radius 2 is 2.00 bits per heavy atom. The molecule has 0 aliphatic rings. The fraction of sp³-hybridized carbons (Fsp3) is 0.200. The minimum atomic E-state index is -0.240. The van der Waals surface area contributed by atoms with Crippen molar-refractivity contribution in [2.45, 2.75) is 6.54 Å². The van der Waals surface area contributed by atoms with Crippen LogP contribution >= 0.6 is 0 Å². The van der Waals surface area contributed by atoms with E-state index in [1.165, 1.54) is 0 Å². The van der Waals surface area contributed by atoms with Crippen molar-refractivity contribution in [2.75, 3.05) is 24.3 Å². The molecular weight excluding hydrogens is 268 g/mol. The molecule has 21 heavy (non-hydrogen) atoms. The van der Waals surface area contributed by atoms with Crippen molar-refractivity contribution in [3.05, 3.63) is 48.2 Å². The lowest BCUT2D eigenvalue weighted by Crippen LogP contribution is -2.21. The van der Waals surface area contributed by atoms with Crippen molar-refractivity contribution < 1.29 is 9.53 Å². The molecule has 0 radical (unpaired) electrons. The summed E-state index contributed by atoms with van der Waals surface area (Å²) in [6, 6.07) is 11.4. The highest BCUT2D eigenvalue weighted by atomic mass is 16.5. The Hall–Kier alpha value is -2.60. The van der Waals surface area contributed by atoms with Gasteiger partial charge in [-0.25, -0.2) is 4.98 Å². The van der Waals surface area contributed by atoms with Gasteiger partial charge in [0.1, 0.15) is 11.6 Å². The summed E-state index contributed by atoms with van der Waals surface area (Å²) >= 11 is 0. The first-order valence-corrected chi connectivity index (χ1v) is 6.54. The zero-order valence-electron chi connectivity index (χ0n) is 11.8. The number of nitrogens with one attached hydrogen (secondary N) is 2. The van der Waals surface area contributed by atoms with E-state index in [-0.39, 0.29) is 12.5 Å². The summed E-state index contributed by atoms with van der Waals surface area (Å²) in [6.45, 7) is 0.614. The van der Waals surface area contributed by atoms with Crippen molar-refractivity contribution in [1.82, 2.24) is 4.98 Å². The number of hydrogen-bond acceptors (Lipinski definition) is 5. The van der Waals surface area contributed by atoms with Crippen molar-refractivity contribution in [1.29, 1.82) is 0 Å². The molecule has 0 aliphatic heterocycles. The van der Waals surface area contributed by atoms with Crippen LogP contribution in [0.4, 0.5) is 11.5 Å². The Labute approximate surface area is 123 Å². The van der Waals surface area contributed by atoms with Crippen LogP contribution in [0.1, 0.15) is 5.56 Å². The van der Waals surface area contributed by atoms with Gasteiger partial charge in [0.2, 0.25) is 5.91 Å². The van der Waals surface area contributed by atoms with Gasteiger partial charge in [-0.15, -0.1) is 0 Å². The molecule has 2 rings (SSSR count). The van der Waals surface area contributed by atoms with Gasteiger partial charge in [0, 0.05) is 6.54 Å². The number of pyridine rings is 1. The van der Waals surface area contributed by atoms with E-state index in [1.807, 2.05) is 24.3 Å². The number of hydrogen-bond donors (Lipinski definition) is 3. The van der Waals surface area contributed by atoms with Gasteiger partial charge >= 0.3 is 0 Å². The number of carbonyl (C=O) groups excluding carboxylic acids is 1. The molecule has 110 valence electrons. The number of nitrogens with two attached hydrogens (primary N) is 1. The second-order valence-electron chi connectivity index (χ2n) is 4.39. The van der Waals surface area contributed by atoms with Gasteiger partial charge in [0.15, 0.2) is 0 Å². The molecule has 0 saturated carbocycles. The monoisotopic (exact) mass is 286 g/mol. The first-order chi connectivity index (χ1) is 10.2. The van der Waals surface area contributed by atoms with E-state index < -0.39 is 0 Å². The zero-order chi connectivity index (χ0) is 15.1. The molecule has 6 nitrogen and oxygen atoms in total. The number of anilines is 2. The molecule has 1 heterocycles. The minimum Gasteiger partial charge on any atom is -0.497 e. The molecule has 6 heteroatoms. The van der Waals surface area contributed by atoms with Crippen LogP contribution in [-0.2, 0) is 11.3 Å². The third-order valence-electron chi connectivity index (χ3n) is 2.87. The Morgan fingerprint density at radius 3 is 2.57 bits per heavy atom. The molecule has 0 aliphatic carbocycles. The van der Waals surface area contributed by atoms with Gasteiger partial charge in [-0.3, -0.25) is 4.79 Å². The topological polar surface area (TPSA) is 89.3 Å². The molecule has 2 aromatic rings. The van der Waals surface area contributed by atoms with Crippen molar-refractivity contribution in [3.8, 4) is 5.75 Å².